The first-order chi connectivity index (χ1) is 13.0. The number of ether oxygens (including phenoxy) is 3. The van der Waals surface area contributed by atoms with Gasteiger partial charge in [-0.15, -0.1) is 0 Å². The molecule has 0 fully saturated rings. The van der Waals surface area contributed by atoms with Crippen LogP contribution in [0.4, 0.5) is 0 Å². The molecular formula is C21H26BrNO4. The van der Waals surface area contributed by atoms with Gasteiger partial charge in [0.25, 0.3) is 5.91 Å². The van der Waals surface area contributed by atoms with Crippen molar-refractivity contribution in [3.05, 3.63) is 52.0 Å². The Morgan fingerprint density at radius 3 is 2.52 bits per heavy atom. The molecular weight excluding hydrogens is 410 g/mol. The van der Waals surface area contributed by atoms with Gasteiger partial charge in [0, 0.05) is 24.7 Å². The van der Waals surface area contributed by atoms with Crippen LogP contribution in [0.1, 0.15) is 36.2 Å². The highest BCUT2D eigenvalue weighted by atomic mass is 79.9. The molecule has 27 heavy (non-hydrogen) atoms. The first-order valence-electron chi connectivity index (χ1n) is 8.98. The Kier molecular flexibility index (Phi) is 7.98. The minimum atomic E-state index is -0.109. The summed E-state index contributed by atoms with van der Waals surface area (Å²) in [5.41, 5.74) is 1.49. The van der Waals surface area contributed by atoms with E-state index in [0.717, 1.165) is 17.7 Å². The Morgan fingerprint density at radius 2 is 1.85 bits per heavy atom. The van der Waals surface area contributed by atoms with Crippen molar-refractivity contribution in [2.24, 2.45) is 0 Å². The smallest absolute Gasteiger partial charge is 0.254 e. The standard InChI is InChI=1S/C21H26BrNO4/c1-5-11-27-20-17(22)12-16(13-19(20)25-4)21(24)23(3)14-15-9-7-8-10-18(15)26-6-2/h7-10,12-13H,5-6,11,14H2,1-4H3. The van der Waals surface area contributed by atoms with Gasteiger partial charge in [0.05, 0.1) is 24.8 Å². The number of nitrogens with zero attached hydrogens (tertiary/aromatic N) is 1. The molecule has 0 spiro atoms. The summed E-state index contributed by atoms with van der Waals surface area (Å²) in [5.74, 6) is 1.83. The van der Waals surface area contributed by atoms with Gasteiger partial charge in [-0.05, 0) is 47.5 Å². The van der Waals surface area contributed by atoms with Crippen LogP contribution in [0.25, 0.3) is 0 Å². The van der Waals surface area contributed by atoms with Crippen molar-refractivity contribution in [3.8, 4) is 17.2 Å². The van der Waals surface area contributed by atoms with Crippen molar-refractivity contribution in [1.82, 2.24) is 4.90 Å². The van der Waals surface area contributed by atoms with Crippen LogP contribution in [0.3, 0.4) is 0 Å². The van der Waals surface area contributed by atoms with E-state index in [-0.39, 0.29) is 5.91 Å². The third-order valence-corrected chi connectivity index (χ3v) is 4.54. The molecule has 0 aromatic heterocycles. The lowest BCUT2D eigenvalue weighted by atomic mass is 10.1. The van der Waals surface area contributed by atoms with Crippen LogP contribution >= 0.6 is 15.9 Å². The molecule has 0 radical (unpaired) electrons. The zero-order valence-electron chi connectivity index (χ0n) is 16.3. The van der Waals surface area contributed by atoms with Crippen molar-refractivity contribution in [3.63, 3.8) is 0 Å². The number of carbonyl (C=O) groups excluding carboxylic acids is 1. The Balaban J connectivity index is 2.23. The first-order valence-corrected chi connectivity index (χ1v) is 9.77. The topological polar surface area (TPSA) is 48.0 Å². The van der Waals surface area contributed by atoms with Gasteiger partial charge in [0.1, 0.15) is 5.75 Å². The number of carbonyl (C=O) groups is 1. The Labute approximate surface area is 169 Å². The summed E-state index contributed by atoms with van der Waals surface area (Å²) in [4.78, 5) is 14.6. The molecule has 2 aromatic carbocycles. The monoisotopic (exact) mass is 435 g/mol. The van der Waals surface area contributed by atoms with Gasteiger partial charge in [-0.2, -0.15) is 0 Å². The van der Waals surface area contributed by atoms with E-state index < -0.39 is 0 Å². The largest absolute Gasteiger partial charge is 0.494 e. The molecule has 2 rings (SSSR count). The predicted octanol–water partition coefficient (Wildman–Crippen LogP) is 4.92. The molecule has 0 saturated carbocycles. The van der Waals surface area contributed by atoms with Gasteiger partial charge < -0.3 is 19.1 Å². The molecule has 6 heteroatoms. The molecule has 0 unspecified atom stereocenters. The van der Waals surface area contributed by atoms with Crippen molar-refractivity contribution in [1.29, 1.82) is 0 Å². The molecule has 0 saturated heterocycles. The fourth-order valence-corrected chi connectivity index (χ4v) is 3.22. The van der Waals surface area contributed by atoms with Gasteiger partial charge in [0.15, 0.2) is 11.5 Å². The van der Waals surface area contributed by atoms with Crippen LogP contribution in [0.5, 0.6) is 17.2 Å². The molecule has 2 aromatic rings. The van der Waals surface area contributed by atoms with Gasteiger partial charge in [0.2, 0.25) is 0 Å². The zero-order chi connectivity index (χ0) is 19.8. The van der Waals surface area contributed by atoms with Crippen LogP contribution in [0.2, 0.25) is 0 Å². The van der Waals surface area contributed by atoms with Crippen LogP contribution < -0.4 is 14.2 Å². The molecule has 0 heterocycles. The van der Waals surface area contributed by atoms with E-state index in [1.807, 2.05) is 38.1 Å². The third-order valence-electron chi connectivity index (χ3n) is 3.95. The quantitative estimate of drug-likeness (QED) is 0.560. The second-order valence-electron chi connectivity index (χ2n) is 6.04. The SMILES string of the molecule is CCCOc1c(Br)cc(C(=O)N(C)Cc2ccccc2OCC)cc1OC. The van der Waals surface area contributed by atoms with Gasteiger partial charge in [-0.25, -0.2) is 0 Å². The zero-order valence-corrected chi connectivity index (χ0v) is 17.8. The maximum Gasteiger partial charge on any atom is 0.254 e. The van der Waals surface area contributed by atoms with Gasteiger partial charge in [-0.1, -0.05) is 25.1 Å². The van der Waals surface area contributed by atoms with Crippen LogP contribution in [0.15, 0.2) is 40.9 Å². The van der Waals surface area contributed by atoms with E-state index >= 15 is 0 Å². The Hall–Kier alpha value is -2.21. The fourth-order valence-electron chi connectivity index (χ4n) is 2.67. The Morgan fingerprint density at radius 1 is 1.11 bits per heavy atom. The average Bonchev–Trinajstić information content (AvgIpc) is 2.67. The van der Waals surface area contributed by atoms with Crippen molar-refractivity contribution in [2.45, 2.75) is 26.8 Å². The molecule has 0 aliphatic carbocycles. The molecule has 0 bridgehead atoms. The summed E-state index contributed by atoms with van der Waals surface area (Å²) >= 11 is 3.49. The number of hydrogen-bond acceptors (Lipinski definition) is 4. The predicted molar refractivity (Wildman–Crippen MR) is 110 cm³/mol. The lowest BCUT2D eigenvalue weighted by Gasteiger charge is -2.20. The van der Waals surface area contributed by atoms with Crippen molar-refractivity contribution < 1.29 is 19.0 Å². The second-order valence-corrected chi connectivity index (χ2v) is 6.89. The lowest BCUT2D eigenvalue weighted by molar-refractivity contribution is 0.0783. The number of hydrogen-bond donors (Lipinski definition) is 0. The summed E-state index contributed by atoms with van der Waals surface area (Å²) < 4.78 is 17.5. The highest BCUT2D eigenvalue weighted by molar-refractivity contribution is 9.10. The second kappa shape index (κ2) is 10.2. The minimum absolute atomic E-state index is 0.109. The van der Waals surface area contributed by atoms with Crippen LogP contribution in [-0.4, -0.2) is 38.2 Å². The maximum atomic E-state index is 12.9. The number of para-hydroxylation sites is 1. The highest BCUT2D eigenvalue weighted by Gasteiger charge is 2.19. The molecule has 0 aliphatic heterocycles. The molecule has 0 aliphatic rings. The van der Waals surface area contributed by atoms with E-state index in [1.54, 1.807) is 31.2 Å². The summed E-state index contributed by atoms with van der Waals surface area (Å²) in [5, 5.41) is 0. The number of methoxy groups -OCH3 is 1. The van der Waals surface area contributed by atoms with Crippen LogP contribution in [-0.2, 0) is 6.54 Å². The minimum Gasteiger partial charge on any atom is -0.494 e. The summed E-state index contributed by atoms with van der Waals surface area (Å²) in [6.45, 7) is 5.59. The van der Waals surface area contributed by atoms with Gasteiger partial charge >= 0.3 is 0 Å². The van der Waals surface area contributed by atoms with E-state index in [0.29, 0.717) is 41.3 Å². The number of rotatable bonds is 9. The van der Waals surface area contributed by atoms with Crippen molar-refractivity contribution in [2.75, 3.05) is 27.4 Å². The van der Waals surface area contributed by atoms with Crippen molar-refractivity contribution >= 4 is 21.8 Å². The number of amides is 1. The first kappa shape index (κ1) is 21.1. The maximum absolute atomic E-state index is 12.9. The third kappa shape index (κ3) is 5.39. The lowest BCUT2D eigenvalue weighted by Crippen LogP contribution is -2.26. The highest BCUT2D eigenvalue weighted by Crippen LogP contribution is 2.37. The van der Waals surface area contributed by atoms with E-state index in [2.05, 4.69) is 15.9 Å². The summed E-state index contributed by atoms with van der Waals surface area (Å²) in [7, 11) is 3.34. The van der Waals surface area contributed by atoms with Crippen LogP contribution in [0, 0.1) is 0 Å². The fraction of sp³-hybridized carbons (Fsp3) is 0.381. The van der Waals surface area contributed by atoms with E-state index in [9.17, 15) is 4.79 Å². The summed E-state index contributed by atoms with van der Waals surface area (Å²) in [6, 6.07) is 11.2. The molecule has 5 nitrogen and oxygen atoms in total. The van der Waals surface area contributed by atoms with Gasteiger partial charge in [-0.3, -0.25) is 4.79 Å². The van der Waals surface area contributed by atoms with E-state index in [4.69, 9.17) is 14.2 Å². The average molecular weight is 436 g/mol. The number of benzene rings is 2. The normalized spacial score (nSPS) is 10.4. The summed E-state index contributed by atoms with van der Waals surface area (Å²) in [6.07, 6.45) is 0.887. The molecule has 0 atom stereocenters. The molecule has 1 amide bonds. The Bertz CT molecular complexity index is 779. The molecule has 0 N–H and O–H groups in total. The van der Waals surface area contributed by atoms with E-state index in [1.165, 1.54) is 0 Å². The molecule has 146 valence electrons. The number of halogens is 1.